The van der Waals surface area contributed by atoms with Gasteiger partial charge in [-0.25, -0.2) is 0 Å². The first-order valence-corrected chi connectivity index (χ1v) is 6.70. The number of nitrogens with zero attached hydrogens (tertiary/aromatic N) is 1. The third kappa shape index (κ3) is 3.40. The van der Waals surface area contributed by atoms with E-state index in [9.17, 15) is 19.7 Å². The van der Waals surface area contributed by atoms with Crippen molar-refractivity contribution in [1.29, 1.82) is 0 Å². The number of benzene rings is 1. The Labute approximate surface area is 126 Å². The van der Waals surface area contributed by atoms with Gasteiger partial charge in [0.15, 0.2) is 0 Å². The van der Waals surface area contributed by atoms with Crippen molar-refractivity contribution in [2.24, 2.45) is 0 Å². The molecule has 1 unspecified atom stereocenters. The minimum absolute atomic E-state index is 0.0685. The van der Waals surface area contributed by atoms with Gasteiger partial charge in [0.1, 0.15) is 0 Å². The van der Waals surface area contributed by atoms with Crippen LogP contribution in [0, 0.1) is 17.0 Å². The first-order chi connectivity index (χ1) is 10.3. The van der Waals surface area contributed by atoms with Gasteiger partial charge in [-0.1, -0.05) is 0 Å². The van der Waals surface area contributed by atoms with Crippen molar-refractivity contribution in [2.75, 3.05) is 13.2 Å². The van der Waals surface area contributed by atoms with Crippen molar-refractivity contribution in [2.45, 2.75) is 25.3 Å². The van der Waals surface area contributed by atoms with Crippen molar-refractivity contribution in [3.63, 3.8) is 0 Å². The van der Waals surface area contributed by atoms with Gasteiger partial charge in [-0.3, -0.25) is 19.7 Å². The largest absolute Gasteiger partial charge is 0.481 e. The van der Waals surface area contributed by atoms with Gasteiger partial charge in [-0.15, -0.1) is 0 Å². The molecule has 1 aromatic rings. The summed E-state index contributed by atoms with van der Waals surface area (Å²) in [5, 5.41) is 22.5. The van der Waals surface area contributed by atoms with Crippen LogP contribution >= 0.6 is 0 Å². The summed E-state index contributed by atoms with van der Waals surface area (Å²) in [4.78, 5) is 33.5. The number of aryl methyl sites for hydroxylation is 1. The van der Waals surface area contributed by atoms with Gasteiger partial charge in [-0.05, 0) is 25.5 Å². The Morgan fingerprint density at radius 2 is 2.23 bits per heavy atom. The van der Waals surface area contributed by atoms with E-state index < -0.39 is 22.3 Å². The van der Waals surface area contributed by atoms with Gasteiger partial charge in [0.2, 0.25) is 0 Å². The summed E-state index contributed by atoms with van der Waals surface area (Å²) in [7, 11) is 0. The number of hydrogen-bond donors (Lipinski definition) is 2. The second-order valence-electron chi connectivity index (χ2n) is 5.37. The van der Waals surface area contributed by atoms with Crippen molar-refractivity contribution < 1.29 is 24.4 Å². The predicted molar refractivity (Wildman–Crippen MR) is 75.7 cm³/mol. The van der Waals surface area contributed by atoms with E-state index in [-0.39, 0.29) is 24.3 Å². The van der Waals surface area contributed by atoms with Crippen molar-refractivity contribution >= 4 is 17.6 Å². The van der Waals surface area contributed by atoms with Crippen LogP contribution in [0.15, 0.2) is 18.2 Å². The Kier molecular flexibility index (Phi) is 4.41. The van der Waals surface area contributed by atoms with Crippen LogP contribution in [0.3, 0.4) is 0 Å². The zero-order valence-corrected chi connectivity index (χ0v) is 12.0. The number of nitro benzene ring substituents is 1. The van der Waals surface area contributed by atoms with Crippen molar-refractivity contribution in [3.8, 4) is 0 Å². The number of aliphatic carboxylic acids is 1. The van der Waals surface area contributed by atoms with Crippen LogP contribution in [0.5, 0.6) is 0 Å². The summed E-state index contributed by atoms with van der Waals surface area (Å²) < 4.78 is 5.21. The number of carboxylic acids is 1. The van der Waals surface area contributed by atoms with Crippen molar-refractivity contribution in [3.05, 3.63) is 39.4 Å². The van der Waals surface area contributed by atoms with Crippen LogP contribution in [0.2, 0.25) is 0 Å². The predicted octanol–water partition coefficient (Wildman–Crippen LogP) is 1.27. The molecule has 1 atom stereocenters. The molecule has 1 heterocycles. The molecule has 1 amide bonds. The van der Waals surface area contributed by atoms with E-state index in [0.29, 0.717) is 18.6 Å². The lowest BCUT2D eigenvalue weighted by atomic mass is 9.93. The van der Waals surface area contributed by atoms with Crippen molar-refractivity contribution in [1.82, 2.24) is 5.32 Å². The molecule has 0 bridgehead atoms. The average Bonchev–Trinajstić information content (AvgIpc) is 2.85. The molecule has 1 aliphatic heterocycles. The molecule has 0 aliphatic carbocycles. The number of hydrogen-bond acceptors (Lipinski definition) is 5. The number of nitro groups is 1. The molecule has 0 spiro atoms. The lowest BCUT2D eigenvalue weighted by molar-refractivity contribution is -0.385. The minimum Gasteiger partial charge on any atom is -0.481 e. The lowest BCUT2D eigenvalue weighted by Crippen LogP contribution is -2.50. The molecule has 118 valence electrons. The minimum atomic E-state index is -1.02. The molecule has 0 aromatic heterocycles. The third-order valence-corrected chi connectivity index (χ3v) is 3.63. The molecule has 1 aliphatic rings. The Morgan fingerprint density at radius 3 is 2.73 bits per heavy atom. The average molecular weight is 308 g/mol. The quantitative estimate of drug-likeness (QED) is 0.624. The highest BCUT2D eigenvalue weighted by atomic mass is 16.6. The normalized spacial score (nSPS) is 20.6. The summed E-state index contributed by atoms with van der Waals surface area (Å²) in [6, 6.07) is 4.03. The number of carboxylic acid groups (broad SMARTS) is 1. The van der Waals surface area contributed by atoms with Crippen LogP contribution in [-0.2, 0) is 9.53 Å². The number of nitrogens with one attached hydrogen (secondary N) is 1. The van der Waals surface area contributed by atoms with E-state index in [1.165, 1.54) is 18.2 Å². The van der Waals surface area contributed by atoms with Crippen LogP contribution < -0.4 is 5.32 Å². The Hall–Kier alpha value is -2.48. The fourth-order valence-corrected chi connectivity index (χ4v) is 2.49. The third-order valence-electron chi connectivity index (χ3n) is 3.63. The van der Waals surface area contributed by atoms with E-state index in [1.807, 2.05) is 0 Å². The number of rotatable bonds is 5. The highest BCUT2D eigenvalue weighted by Gasteiger charge is 2.38. The van der Waals surface area contributed by atoms with E-state index in [1.54, 1.807) is 6.92 Å². The summed E-state index contributed by atoms with van der Waals surface area (Å²) in [5.41, 5.74) is -0.383. The SMILES string of the molecule is Cc1cc(C(=O)NC2(CC(=O)O)CCOC2)ccc1[N+](=O)[O-]. The maximum absolute atomic E-state index is 12.3. The molecule has 0 saturated carbocycles. The first kappa shape index (κ1) is 15.9. The molecular formula is C14H16N2O6. The van der Waals surface area contributed by atoms with E-state index in [2.05, 4.69) is 5.32 Å². The highest BCUT2D eigenvalue weighted by Crippen LogP contribution is 2.24. The maximum atomic E-state index is 12.3. The Bertz CT molecular complexity index is 622. The lowest BCUT2D eigenvalue weighted by Gasteiger charge is -2.27. The fourth-order valence-electron chi connectivity index (χ4n) is 2.49. The number of amides is 1. The summed E-state index contributed by atoms with van der Waals surface area (Å²) in [5.74, 6) is -1.49. The smallest absolute Gasteiger partial charge is 0.305 e. The second kappa shape index (κ2) is 6.10. The van der Waals surface area contributed by atoms with Gasteiger partial charge < -0.3 is 15.2 Å². The molecule has 2 N–H and O–H groups in total. The Morgan fingerprint density at radius 1 is 1.50 bits per heavy atom. The van der Waals surface area contributed by atoms with Crippen LogP contribution in [-0.4, -0.2) is 40.7 Å². The maximum Gasteiger partial charge on any atom is 0.305 e. The van der Waals surface area contributed by atoms with Crippen LogP contribution in [0.4, 0.5) is 5.69 Å². The summed E-state index contributed by atoms with van der Waals surface area (Å²) in [6.07, 6.45) is 0.182. The zero-order valence-electron chi connectivity index (χ0n) is 12.0. The van der Waals surface area contributed by atoms with Gasteiger partial charge >= 0.3 is 5.97 Å². The number of ether oxygens (including phenoxy) is 1. The van der Waals surface area contributed by atoms with E-state index >= 15 is 0 Å². The highest BCUT2D eigenvalue weighted by molar-refractivity contribution is 5.95. The van der Waals surface area contributed by atoms with Gasteiger partial charge in [-0.2, -0.15) is 0 Å². The van der Waals surface area contributed by atoms with Gasteiger partial charge in [0.25, 0.3) is 11.6 Å². The monoisotopic (exact) mass is 308 g/mol. The zero-order chi connectivity index (χ0) is 16.3. The van der Waals surface area contributed by atoms with Gasteiger partial charge in [0.05, 0.1) is 23.5 Å². The topological polar surface area (TPSA) is 119 Å². The van der Waals surface area contributed by atoms with Gasteiger partial charge in [0, 0.05) is 23.8 Å². The fraction of sp³-hybridized carbons (Fsp3) is 0.429. The van der Waals surface area contributed by atoms with Crippen LogP contribution in [0.1, 0.15) is 28.8 Å². The first-order valence-electron chi connectivity index (χ1n) is 6.70. The summed E-state index contributed by atoms with van der Waals surface area (Å²) in [6.45, 7) is 2.06. The molecule has 2 rings (SSSR count). The molecule has 1 fully saturated rings. The molecule has 8 nitrogen and oxygen atoms in total. The van der Waals surface area contributed by atoms with Crippen LogP contribution in [0.25, 0.3) is 0 Å². The number of carbonyl (C=O) groups excluding carboxylic acids is 1. The Balaban J connectivity index is 2.19. The molecule has 0 radical (unpaired) electrons. The second-order valence-corrected chi connectivity index (χ2v) is 5.37. The molecular weight excluding hydrogens is 292 g/mol. The van der Waals surface area contributed by atoms with E-state index in [0.717, 1.165) is 0 Å². The molecule has 1 aromatic carbocycles. The van der Waals surface area contributed by atoms with E-state index in [4.69, 9.17) is 9.84 Å². The molecule has 22 heavy (non-hydrogen) atoms. The molecule has 8 heteroatoms. The summed E-state index contributed by atoms with van der Waals surface area (Å²) >= 11 is 0. The standard InChI is InChI=1S/C14H16N2O6/c1-9-6-10(2-3-11(9)16(20)21)13(19)15-14(7-12(17)18)4-5-22-8-14/h2-3,6H,4-5,7-8H2,1H3,(H,15,19)(H,17,18). The number of carbonyl (C=O) groups is 2. The molecule has 1 saturated heterocycles.